The van der Waals surface area contributed by atoms with Crippen molar-refractivity contribution in [3.63, 3.8) is 0 Å². The van der Waals surface area contributed by atoms with E-state index >= 15 is 0 Å². The second-order valence-electron chi connectivity index (χ2n) is 5.33. The van der Waals surface area contributed by atoms with E-state index in [-0.39, 0.29) is 22.5 Å². The summed E-state index contributed by atoms with van der Waals surface area (Å²) < 4.78 is 10.9. The third-order valence-electron chi connectivity index (χ3n) is 3.65. The first-order chi connectivity index (χ1) is 12.5. The summed E-state index contributed by atoms with van der Waals surface area (Å²) in [7, 11) is 0. The van der Waals surface area contributed by atoms with Crippen molar-refractivity contribution in [2.24, 2.45) is 0 Å². The van der Waals surface area contributed by atoms with Crippen molar-refractivity contribution in [2.45, 2.75) is 6.92 Å². The molecule has 0 radical (unpaired) electrons. The highest BCUT2D eigenvalue weighted by Crippen LogP contribution is 2.26. The number of anilines is 1. The second kappa shape index (κ2) is 7.06. The lowest BCUT2D eigenvalue weighted by atomic mass is 10.1. The normalized spacial score (nSPS) is 10.5. The minimum atomic E-state index is -0.670. The van der Waals surface area contributed by atoms with E-state index in [1.807, 2.05) is 6.92 Å². The Morgan fingerprint density at radius 1 is 1.27 bits per heavy atom. The first-order valence-electron chi connectivity index (χ1n) is 7.80. The molecule has 0 saturated carbocycles. The summed E-state index contributed by atoms with van der Waals surface area (Å²) in [5.74, 6) is -0.194. The van der Waals surface area contributed by atoms with E-state index in [9.17, 15) is 14.9 Å². The van der Waals surface area contributed by atoms with E-state index in [1.165, 1.54) is 24.3 Å². The van der Waals surface area contributed by atoms with Crippen LogP contribution >= 0.6 is 0 Å². The Kier molecular flexibility index (Phi) is 4.66. The standard InChI is InChI=1S/C18H15N3O5/c1-2-25-15-9-5-6-11-10-12(17(19)26-16(11)15)18(22)20-13-7-3-4-8-14(13)21(23)24/h3-10,19H,2H2,1H3,(H,20,22). The smallest absolute Gasteiger partial charge is 0.292 e. The van der Waals surface area contributed by atoms with Crippen LogP contribution in [0.1, 0.15) is 17.3 Å². The zero-order valence-corrected chi connectivity index (χ0v) is 13.8. The van der Waals surface area contributed by atoms with Gasteiger partial charge in [-0.3, -0.25) is 20.3 Å². The van der Waals surface area contributed by atoms with Crippen LogP contribution in [0.5, 0.6) is 5.75 Å². The number of ether oxygens (including phenoxy) is 1. The third kappa shape index (κ3) is 3.25. The highest BCUT2D eigenvalue weighted by molar-refractivity contribution is 6.06. The molecule has 1 heterocycles. The molecule has 0 bridgehead atoms. The van der Waals surface area contributed by atoms with Gasteiger partial charge in [0.05, 0.1) is 11.5 Å². The maximum Gasteiger partial charge on any atom is 0.292 e. The number of hydrogen-bond acceptors (Lipinski definition) is 6. The number of para-hydroxylation sites is 3. The van der Waals surface area contributed by atoms with Crippen LogP contribution in [0, 0.1) is 15.5 Å². The fourth-order valence-corrected chi connectivity index (χ4v) is 2.50. The molecule has 0 atom stereocenters. The van der Waals surface area contributed by atoms with Gasteiger partial charge in [-0.15, -0.1) is 0 Å². The molecule has 2 N–H and O–H groups in total. The number of nitro benzene ring substituents is 1. The fourth-order valence-electron chi connectivity index (χ4n) is 2.50. The van der Waals surface area contributed by atoms with Gasteiger partial charge in [-0.2, -0.15) is 0 Å². The van der Waals surface area contributed by atoms with E-state index in [4.69, 9.17) is 14.6 Å². The van der Waals surface area contributed by atoms with Crippen molar-refractivity contribution >= 4 is 28.3 Å². The van der Waals surface area contributed by atoms with Gasteiger partial charge < -0.3 is 14.5 Å². The number of benzene rings is 2. The van der Waals surface area contributed by atoms with Gasteiger partial charge in [-0.1, -0.05) is 24.3 Å². The monoisotopic (exact) mass is 353 g/mol. The number of hydrogen-bond donors (Lipinski definition) is 2. The van der Waals surface area contributed by atoms with Crippen molar-refractivity contribution in [3.8, 4) is 5.75 Å². The summed E-state index contributed by atoms with van der Waals surface area (Å²) in [5.41, 5.74) is -0.222. The molecule has 3 rings (SSSR count). The molecule has 1 amide bonds. The minimum Gasteiger partial charge on any atom is -0.490 e. The van der Waals surface area contributed by atoms with Crippen LogP contribution in [-0.4, -0.2) is 17.4 Å². The minimum absolute atomic E-state index is 0.0377. The number of rotatable bonds is 5. The van der Waals surface area contributed by atoms with E-state index in [1.54, 1.807) is 24.3 Å². The SMILES string of the molecule is CCOc1cccc2cc(C(=O)Nc3ccccc3[N+](=O)[O-])c(=N)oc12. The summed E-state index contributed by atoms with van der Waals surface area (Å²) in [6.45, 7) is 2.26. The highest BCUT2D eigenvalue weighted by atomic mass is 16.6. The summed E-state index contributed by atoms with van der Waals surface area (Å²) in [4.78, 5) is 23.0. The molecule has 2 aromatic carbocycles. The molecule has 1 aromatic heterocycles. The van der Waals surface area contributed by atoms with E-state index < -0.39 is 10.8 Å². The Balaban J connectivity index is 2.01. The van der Waals surface area contributed by atoms with Gasteiger partial charge in [0.15, 0.2) is 11.3 Å². The maximum atomic E-state index is 12.5. The van der Waals surface area contributed by atoms with Crippen LogP contribution < -0.4 is 15.6 Å². The van der Waals surface area contributed by atoms with E-state index in [0.717, 1.165) is 0 Å². The van der Waals surface area contributed by atoms with Crippen LogP contribution in [0.4, 0.5) is 11.4 Å². The zero-order valence-electron chi connectivity index (χ0n) is 13.8. The number of amides is 1. The fraction of sp³-hybridized carbons (Fsp3) is 0.111. The number of fused-ring (bicyclic) bond motifs is 1. The molecule has 132 valence electrons. The lowest BCUT2D eigenvalue weighted by Crippen LogP contribution is -2.21. The van der Waals surface area contributed by atoms with Gasteiger partial charge in [0, 0.05) is 11.5 Å². The average Bonchev–Trinajstić information content (AvgIpc) is 2.62. The molecule has 0 unspecified atom stereocenters. The first kappa shape index (κ1) is 17.2. The highest BCUT2D eigenvalue weighted by Gasteiger charge is 2.18. The van der Waals surface area contributed by atoms with Crippen LogP contribution in [0.25, 0.3) is 11.0 Å². The number of nitrogens with one attached hydrogen (secondary N) is 2. The van der Waals surface area contributed by atoms with Crippen LogP contribution in [0.2, 0.25) is 0 Å². The molecule has 0 aliphatic carbocycles. The second-order valence-corrected chi connectivity index (χ2v) is 5.33. The number of nitrogens with zero attached hydrogens (tertiary/aromatic N) is 1. The van der Waals surface area contributed by atoms with Gasteiger partial charge in [0.25, 0.3) is 11.6 Å². The van der Waals surface area contributed by atoms with E-state index in [2.05, 4.69) is 5.32 Å². The Hall–Kier alpha value is -3.68. The Morgan fingerprint density at radius 3 is 2.77 bits per heavy atom. The number of carbonyl (C=O) groups excluding carboxylic acids is 1. The van der Waals surface area contributed by atoms with Crippen LogP contribution in [0.3, 0.4) is 0 Å². The van der Waals surface area contributed by atoms with Crippen molar-refractivity contribution in [3.05, 3.63) is 69.8 Å². The molecule has 26 heavy (non-hydrogen) atoms. The van der Waals surface area contributed by atoms with Crippen molar-refractivity contribution in [1.29, 1.82) is 5.41 Å². The summed E-state index contributed by atoms with van der Waals surface area (Å²) in [5, 5.41) is 22.1. The maximum absolute atomic E-state index is 12.5. The van der Waals surface area contributed by atoms with Crippen molar-refractivity contribution in [2.75, 3.05) is 11.9 Å². The Labute approximate surface area is 147 Å². The molecule has 0 aliphatic rings. The quantitative estimate of drug-likeness (QED) is 0.538. The van der Waals surface area contributed by atoms with Crippen molar-refractivity contribution < 1.29 is 18.9 Å². The van der Waals surface area contributed by atoms with Gasteiger partial charge in [0.2, 0.25) is 5.55 Å². The molecular formula is C18H15N3O5. The molecule has 3 aromatic rings. The predicted octanol–water partition coefficient (Wildman–Crippen LogP) is 3.47. The Morgan fingerprint density at radius 2 is 2.04 bits per heavy atom. The molecule has 0 saturated heterocycles. The molecule has 0 aliphatic heterocycles. The van der Waals surface area contributed by atoms with Crippen LogP contribution in [0.15, 0.2) is 52.9 Å². The summed E-state index contributed by atoms with van der Waals surface area (Å²) in [6, 6.07) is 12.5. The van der Waals surface area contributed by atoms with Gasteiger partial charge >= 0.3 is 0 Å². The van der Waals surface area contributed by atoms with Gasteiger partial charge in [-0.05, 0) is 25.1 Å². The largest absolute Gasteiger partial charge is 0.490 e. The van der Waals surface area contributed by atoms with Crippen molar-refractivity contribution in [1.82, 2.24) is 0 Å². The first-order valence-corrected chi connectivity index (χ1v) is 7.80. The number of nitro groups is 1. The molecule has 8 nitrogen and oxygen atoms in total. The molecular weight excluding hydrogens is 338 g/mol. The lowest BCUT2D eigenvalue weighted by Gasteiger charge is -2.09. The van der Waals surface area contributed by atoms with Gasteiger partial charge in [0.1, 0.15) is 11.3 Å². The lowest BCUT2D eigenvalue weighted by molar-refractivity contribution is -0.383. The third-order valence-corrected chi connectivity index (χ3v) is 3.65. The summed E-state index contributed by atoms with van der Waals surface area (Å²) in [6.07, 6.45) is 0. The predicted molar refractivity (Wildman–Crippen MR) is 94.3 cm³/mol. The summed E-state index contributed by atoms with van der Waals surface area (Å²) >= 11 is 0. The molecule has 8 heteroatoms. The number of carbonyl (C=O) groups is 1. The zero-order chi connectivity index (χ0) is 18.7. The molecule has 0 fully saturated rings. The molecule has 0 spiro atoms. The average molecular weight is 353 g/mol. The van der Waals surface area contributed by atoms with E-state index in [0.29, 0.717) is 23.3 Å². The van der Waals surface area contributed by atoms with Gasteiger partial charge in [-0.25, -0.2) is 0 Å². The van der Waals surface area contributed by atoms with Crippen LogP contribution in [-0.2, 0) is 0 Å². The Bertz CT molecular complexity index is 1060. The topological polar surface area (TPSA) is 118 Å².